The van der Waals surface area contributed by atoms with Gasteiger partial charge in [-0.15, -0.1) is 40.5 Å². The molecule has 5 heteroatoms. The number of hydrogen-bond acceptors (Lipinski definition) is 4. The number of aliphatic hydroxyl groups excluding tert-OH is 1. The molecule has 0 saturated carbocycles. The minimum absolute atomic E-state index is 0. The van der Waals surface area contributed by atoms with Crippen molar-refractivity contribution >= 4 is 48.1 Å². The van der Waals surface area contributed by atoms with Gasteiger partial charge < -0.3 is 5.11 Å². The van der Waals surface area contributed by atoms with Crippen LogP contribution in [0, 0.1) is 17.9 Å². The summed E-state index contributed by atoms with van der Waals surface area (Å²) in [5.74, 6) is 0.995. The maximum atomic E-state index is 11.7. The molecule has 0 saturated heterocycles. The SMILES string of the molecule is CC(C)c1cc(-c2nccc3c2sc2c4c(ccc23)CCC4(C)C)[c-]c2ccccc12.CCC(CC)C(=O)/C=C(\O)C(CC)CC.[Ir]. The number of ketones is 1. The molecular weight excluding hydrogens is 775 g/mol. The Balaban J connectivity index is 0.000000269. The molecule has 0 spiro atoms. The first-order valence-electron chi connectivity index (χ1n) is 17.3. The Labute approximate surface area is 299 Å². The van der Waals surface area contributed by atoms with Gasteiger partial charge in [0.05, 0.1) is 5.76 Å². The van der Waals surface area contributed by atoms with E-state index in [9.17, 15) is 9.90 Å². The van der Waals surface area contributed by atoms with Crippen LogP contribution in [0.3, 0.4) is 0 Å². The van der Waals surface area contributed by atoms with E-state index in [1.165, 1.54) is 61.0 Å². The maximum absolute atomic E-state index is 11.7. The summed E-state index contributed by atoms with van der Waals surface area (Å²) >= 11 is 1.93. The molecule has 251 valence electrons. The molecule has 0 aliphatic heterocycles. The fourth-order valence-corrected chi connectivity index (χ4v) is 8.71. The van der Waals surface area contributed by atoms with E-state index in [2.05, 4.69) is 82.3 Å². The number of carbonyl (C=O) groups is 1. The van der Waals surface area contributed by atoms with Gasteiger partial charge in [-0.05, 0) is 72.4 Å². The van der Waals surface area contributed by atoms with Crippen LogP contribution in [0.15, 0.2) is 66.6 Å². The number of hydrogen-bond donors (Lipinski definition) is 1. The average Bonchev–Trinajstić information content (AvgIpc) is 3.58. The van der Waals surface area contributed by atoms with Crippen molar-refractivity contribution in [3.05, 3.63) is 89.3 Å². The Morgan fingerprint density at radius 3 is 2.26 bits per heavy atom. The van der Waals surface area contributed by atoms with Gasteiger partial charge in [-0.1, -0.05) is 96.7 Å². The smallest absolute Gasteiger partial charge is 0.162 e. The number of pyridine rings is 1. The van der Waals surface area contributed by atoms with Crippen LogP contribution < -0.4 is 0 Å². The topological polar surface area (TPSA) is 50.2 Å². The van der Waals surface area contributed by atoms with Crippen molar-refractivity contribution in [1.82, 2.24) is 4.98 Å². The van der Waals surface area contributed by atoms with Crippen LogP contribution in [-0.4, -0.2) is 15.9 Å². The normalized spacial score (nSPS) is 14.1. The second kappa shape index (κ2) is 15.6. The quantitative estimate of drug-likeness (QED) is 0.0915. The zero-order valence-electron chi connectivity index (χ0n) is 29.3. The third-order valence-electron chi connectivity index (χ3n) is 10.1. The predicted molar refractivity (Wildman–Crippen MR) is 198 cm³/mol. The van der Waals surface area contributed by atoms with Gasteiger partial charge in [0.2, 0.25) is 0 Å². The minimum atomic E-state index is 0. The molecule has 1 N–H and O–H groups in total. The van der Waals surface area contributed by atoms with Gasteiger partial charge in [0, 0.05) is 64.7 Å². The van der Waals surface area contributed by atoms with Crippen LogP contribution in [0.25, 0.3) is 42.2 Å². The van der Waals surface area contributed by atoms with E-state index in [1.807, 2.05) is 45.2 Å². The van der Waals surface area contributed by atoms with Gasteiger partial charge in [-0.2, -0.15) is 0 Å². The first-order chi connectivity index (χ1) is 22.0. The van der Waals surface area contributed by atoms with Crippen molar-refractivity contribution in [2.75, 3.05) is 0 Å². The fourth-order valence-electron chi connectivity index (χ4n) is 7.16. The van der Waals surface area contributed by atoms with Crippen LogP contribution in [0.1, 0.15) is 110 Å². The number of benzene rings is 3. The molecule has 47 heavy (non-hydrogen) atoms. The number of rotatable bonds is 9. The van der Waals surface area contributed by atoms with Gasteiger partial charge in [0.1, 0.15) is 0 Å². The molecule has 0 unspecified atom stereocenters. The van der Waals surface area contributed by atoms with E-state index in [1.54, 1.807) is 5.56 Å². The summed E-state index contributed by atoms with van der Waals surface area (Å²) in [6, 6.07) is 21.5. The number of allylic oxidation sites excluding steroid dienone is 2. The van der Waals surface area contributed by atoms with Gasteiger partial charge in [-0.25, -0.2) is 0 Å². The summed E-state index contributed by atoms with van der Waals surface area (Å²) < 4.78 is 2.74. The van der Waals surface area contributed by atoms with Gasteiger partial charge in [-0.3, -0.25) is 9.78 Å². The monoisotopic (exact) mass is 825 g/mol. The second-order valence-electron chi connectivity index (χ2n) is 13.8. The van der Waals surface area contributed by atoms with Crippen molar-refractivity contribution < 1.29 is 30.0 Å². The molecular formula is C42H50IrNO2S-. The largest absolute Gasteiger partial charge is 0.512 e. The number of nitrogens with zero attached hydrogens (tertiary/aromatic N) is 1. The molecule has 3 nitrogen and oxygen atoms in total. The fraction of sp³-hybridized carbons (Fsp3) is 0.429. The zero-order chi connectivity index (χ0) is 33.2. The van der Waals surface area contributed by atoms with Crippen LogP contribution in [0.5, 0.6) is 0 Å². The average molecular weight is 825 g/mol. The first kappa shape index (κ1) is 37.0. The number of aromatic nitrogens is 1. The molecule has 0 fully saturated rings. The molecule has 5 aromatic rings. The predicted octanol–water partition coefficient (Wildman–Crippen LogP) is 12.3. The van der Waals surface area contributed by atoms with E-state index in [0.717, 1.165) is 36.9 Å². The molecule has 1 radical (unpaired) electrons. The van der Waals surface area contributed by atoms with E-state index >= 15 is 0 Å². The third-order valence-corrected chi connectivity index (χ3v) is 11.4. The molecule has 0 bridgehead atoms. The Kier molecular flexibility index (Phi) is 12.3. The Bertz CT molecular complexity index is 1890. The summed E-state index contributed by atoms with van der Waals surface area (Å²) in [6.45, 7) is 17.4. The van der Waals surface area contributed by atoms with E-state index in [-0.39, 0.29) is 48.9 Å². The standard InChI is InChI=1S/C29H26NS.C13H24O2.Ir/c1-17(2)24-16-20(15-19-7-5-6-8-21(19)24)26-28-23(12-14-30-26)22-10-9-18-11-13-29(3,4)25(18)27(22)31-28;1-5-10(6-2)12(14)9-13(15)11(7-3)8-4;/h5-10,12,14,16-17H,11,13H2,1-4H3;9-11,14H,5-8H2,1-4H3;/q-1;;/b;12-9-;. The van der Waals surface area contributed by atoms with E-state index in [0.29, 0.717) is 5.92 Å². The van der Waals surface area contributed by atoms with Gasteiger partial charge in [0.15, 0.2) is 5.78 Å². The third kappa shape index (κ3) is 7.43. The van der Waals surface area contributed by atoms with Gasteiger partial charge >= 0.3 is 0 Å². The van der Waals surface area contributed by atoms with Crippen LogP contribution >= 0.6 is 11.3 Å². The van der Waals surface area contributed by atoms with Gasteiger partial charge in [0.25, 0.3) is 0 Å². The van der Waals surface area contributed by atoms with E-state index in [4.69, 9.17) is 4.98 Å². The minimum Gasteiger partial charge on any atom is -0.512 e. The molecule has 6 rings (SSSR count). The van der Waals surface area contributed by atoms with Crippen molar-refractivity contribution in [3.8, 4) is 11.3 Å². The number of thiophene rings is 1. The molecule has 3 aromatic carbocycles. The maximum Gasteiger partial charge on any atom is 0.162 e. The van der Waals surface area contributed by atoms with Crippen molar-refractivity contribution in [1.29, 1.82) is 0 Å². The van der Waals surface area contributed by atoms with Crippen molar-refractivity contribution in [3.63, 3.8) is 0 Å². The molecule has 2 heterocycles. The van der Waals surface area contributed by atoms with Crippen molar-refractivity contribution in [2.45, 2.75) is 105 Å². The van der Waals surface area contributed by atoms with Crippen LogP contribution in [0.2, 0.25) is 0 Å². The van der Waals surface area contributed by atoms with Crippen LogP contribution in [-0.2, 0) is 36.7 Å². The number of aliphatic hydroxyl groups is 1. The first-order valence-corrected chi connectivity index (χ1v) is 18.1. The Hall–Kier alpha value is -2.85. The Morgan fingerprint density at radius 1 is 0.936 bits per heavy atom. The molecule has 0 amide bonds. The summed E-state index contributed by atoms with van der Waals surface area (Å²) in [4.78, 5) is 16.6. The summed E-state index contributed by atoms with van der Waals surface area (Å²) in [7, 11) is 0. The van der Waals surface area contributed by atoms with Crippen LogP contribution in [0.4, 0.5) is 0 Å². The number of fused-ring (bicyclic) bond motifs is 6. The van der Waals surface area contributed by atoms with E-state index < -0.39 is 0 Å². The molecule has 2 aromatic heterocycles. The number of aryl methyl sites for hydroxylation is 1. The molecule has 1 aliphatic carbocycles. The summed E-state index contributed by atoms with van der Waals surface area (Å²) in [6.07, 6.45) is 9.30. The van der Waals surface area contributed by atoms with Crippen molar-refractivity contribution in [2.24, 2.45) is 11.8 Å². The zero-order valence-corrected chi connectivity index (χ0v) is 32.5. The molecule has 0 atom stereocenters. The summed E-state index contributed by atoms with van der Waals surface area (Å²) in [5, 5.41) is 14.9. The number of carbonyl (C=O) groups excluding carboxylic acids is 1. The second-order valence-corrected chi connectivity index (χ2v) is 14.9. The Morgan fingerprint density at radius 2 is 1.60 bits per heavy atom. The molecule has 1 aliphatic rings. The summed E-state index contributed by atoms with van der Waals surface area (Å²) in [5.41, 5.74) is 6.86.